The zero-order valence-electron chi connectivity index (χ0n) is 13.4. The van der Waals surface area contributed by atoms with Crippen molar-refractivity contribution >= 4 is 22.2 Å². The molecule has 3 aromatic heterocycles. The van der Waals surface area contributed by atoms with Crippen molar-refractivity contribution in [3.8, 4) is 11.4 Å². The van der Waals surface area contributed by atoms with Gasteiger partial charge in [-0.3, -0.25) is 4.40 Å². The molecule has 0 saturated carbocycles. The summed E-state index contributed by atoms with van der Waals surface area (Å²) in [5.41, 5.74) is 10.0. The van der Waals surface area contributed by atoms with E-state index < -0.39 is 0 Å². The van der Waals surface area contributed by atoms with Crippen LogP contribution < -0.4 is 5.73 Å². The minimum Gasteiger partial charge on any atom is -0.382 e. The summed E-state index contributed by atoms with van der Waals surface area (Å²) in [6.07, 6.45) is 3.70. The van der Waals surface area contributed by atoms with E-state index in [0.29, 0.717) is 11.7 Å². The van der Waals surface area contributed by atoms with Crippen molar-refractivity contribution in [3.63, 3.8) is 0 Å². The quantitative estimate of drug-likeness (QED) is 0.595. The molecule has 1 aliphatic rings. The Morgan fingerprint density at radius 2 is 2.08 bits per heavy atom. The number of aromatic nitrogens is 4. The molecule has 0 spiro atoms. The summed E-state index contributed by atoms with van der Waals surface area (Å²) >= 11 is 0. The van der Waals surface area contributed by atoms with Crippen LogP contribution in [0.4, 0.5) is 5.82 Å². The number of anilines is 1. The molecule has 3 N–H and O–H groups in total. The number of aromatic amines is 1. The summed E-state index contributed by atoms with van der Waals surface area (Å²) < 4.78 is 2.10. The molecular formula is C18H18N6. The van der Waals surface area contributed by atoms with Gasteiger partial charge in [0.1, 0.15) is 22.9 Å². The first-order chi connectivity index (χ1) is 11.7. The van der Waals surface area contributed by atoms with E-state index in [1.807, 2.05) is 18.3 Å². The van der Waals surface area contributed by atoms with Crippen LogP contribution >= 0.6 is 0 Å². The second kappa shape index (κ2) is 4.82. The maximum atomic E-state index is 6.19. The van der Waals surface area contributed by atoms with Gasteiger partial charge in [-0.2, -0.15) is 0 Å². The fraction of sp³-hybridized carbons (Fsp3) is 0.222. The zero-order chi connectivity index (χ0) is 16.3. The minimum absolute atomic E-state index is 0.433. The number of fused-ring (bicyclic) bond motifs is 2. The van der Waals surface area contributed by atoms with Crippen LogP contribution in [0.2, 0.25) is 0 Å². The van der Waals surface area contributed by atoms with E-state index in [0.717, 1.165) is 41.3 Å². The van der Waals surface area contributed by atoms with Gasteiger partial charge in [0, 0.05) is 42.3 Å². The maximum absolute atomic E-state index is 6.19. The van der Waals surface area contributed by atoms with Crippen LogP contribution in [0.15, 0.2) is 42.7 Å². The van der Waals surface area contributed by atoms with E-state index in [9.17, 15) is 0 Å². The monoisotopic (exact) mass is 318 g/mol. The third-order valence-corrected chi connectivity index (χ3v) is 4.82. The first-order valence-corrected chi connectivity index (χ1v) is 8.10. The molecule has 0 unspecified atom stereocenters. The van der Waals surface area contributed by atoms with Gasteiger partial charge in [-0.1, -0.05) is 18.2 Å². The van der Waals surface area contributed by atoms with Crippen LogP contribution in [0.1, 0.15) is 11.7 Å². The van der Waals surface area contributed by atoms with Gasteiger partial charge in [-0.25, -0.2) is 9.97 Å². The molecule has 1 fully saturated rings. The molecule has 0 amide bonds. The Bertz CT molecular complexity index is 1020. The Labute approximate surface area is 138 Å². The van der Waals surface area contributed by atoms with Gasteiger partial charge in [0.05, 0.1) is 5.69 Å². The highest BCUT2D eigenvalue weighted by Gasteiger charge is 2.30. The lowest BCUT2D eigenvalue weighted by Crippen LogP contribution is -2.42. The molecule has 0 aliphatic carbocycles. The van der Waals surface area contributed by atoms with E-state index in [4.69, 9.17) is 10.7 Å². The summed E-state index contributed by atoms with van der Waals surface area (Å²) in [5, 5.41) is 1.17. The van der Waals surface area contributed by atoms with Crippen LogP contribution in [0.25, 0.3) is 27.8 Å². The Morgan fingerprint density at radius 3 is 2.88 bits per heavy atom. The number of rotatable bonds is 2. The largest absolute Gasteiger partial charge is 0.382 e. The van der Waals surface area contributed by atoms with E-state index in [1.54, 1.807) is 6.20 Å². The van der Waals surface area contributed by atoms with Crippen LogP contribution in [0, 0.1) is 0 Å². The van der Waals surface area contributed by atoms with E-state index in [2.05, 4.69) is 44.5 Å². The normalized spacial score (nSPS) is 16.0. The first kappa shape index (κ1) is 13.6. The SMILES string of the molecule is CN1CC(c2nc(-c3cc4ccccc4[nH]3)c3c(N)nccn23)C1. The maximum Gasteiger partial charge on any atom is 0.150 e. The van der Waals surface area contributed by atoms with Crippen molar-refractivity contribution in [2.45, 2.75) is 5.92 Å². The number of nitrogens with zero attached hydrogens (tertiary/aromatic N) is 4. The number of hydrogen-bond donors (Lipinski definition) is 2. The molecule has 0 radical (unpaired) electrons. The summed E-state index contributed by atoms with van der Waals surface area (Å²) in [7, 11) is 2.13. The van der Waals surface area contributed by atoms with Crippen molar-refractivity contribution in [2.24, 2.45) is 0 Å². The molecule has 6 heteroatoms. The highest BCUT2D eigenvalue weighted by atomic mass is 15.2. The second-order valence-electron chi connectivity index (χ2n) is 6.54. The molecule has 24 heavy (non-hydrogen) atoms. The van der Waals surface area contributed by atoms with Crippen molar-refractivity contribution in [1.82, 2.24) is 24.3 Å². The molecule has 6 nitrogen and oxygen atoms in total. The van der Waals surface area contributed by atoms with Gasteiger partial charge in [-0.15, -0.1) is 0 Å². The molecule has 1 aliphatic heterocycles. The Balaban J connectivity index is 1.75. The molecule has 0 bridgehead atoms. The fourth-order valence-corrected chi connectivity index (χ4v) is 3.63. The van der Waals surface area contributed by atoms with Gasteiger partial charge < -0.3 is 15.6 Å². The van der Waals surface area contributed by atoms with E-state index in [1.165, 1.54) is 5.39 Å². The molecular weight excluding hydrogens is 300 g/mol. The molecule has 120 valence electrons. The van der Waals surface area contributed by atoms with Gasteiger partial charge in [0.2, 0.25) is 0 Å². The number of benzene rings is 1. The fourth-order valence-electron chi connectivity index (χ4n) is 3.63. The average Bonchev–Trinajstić information content (AvgIpc) is 3.14. The lowest BCUT2D eigenvalue weighted by Gasteiger charge is -2.35. The summed E-state index contributed by atoms with van der Waals surface area (Å²) in [4.78, 5) is 15.0. The third kappa shape index (κ3) is 1.86. The van der Waals surface area contributed by atoms with Crippen molar-refractivity contribution in [3.05, 3.63) is 48.5 Å². The third-order valence-electron chi connectivity index (χ3n) is 4.82. The molecule has 4 heterocycles. The molecule has 0 atom stereocenters. The second-order valence-corrected chi connectivity index (χ2v) is 6.54. The number of likely N-dealkylation sites (tertiary alicyclic amines) is 1. The minimum atomic E-state index is 0.433. The standard InChI is InChI=1S/C18H18N6/c1-23-9-12(10-23)18-22-15(16-17(19)20-6-7-24(16)18)14-8-11-4-2-3-5-13(11)21-14/h2-8,12,21H,9-10H2,1H3,(H2,19,20). The van der Waals surface area contributed by atoms with Crippen molar-refractivity contribution in [1.29, 1.82) is 0 Å². The van der Waals surface area contributed by atoms with Crippen LogP contribution in [-0.4, -0.2) is 44.4 Å². The predicted octanol–water partition coefficient (Wildman–Crippen LogP) is 2.49. The topological polar surface area (TPSA) is 75.2 Å². The Hall–Kier alpha value is -2.86. The van der Waals surface area contributed by atoms with Gasteiger partial charge in [-0.05, 0) is 19.2 Å². The Kier molecular flexibility index (Phi) is 2.72. The predicted molar refractivity (Wildman–Crippen MR) is 94.9 cm³/mol. The average molecular weight is 318 g/mol. The number of likely N-dealkylation sites (N-methyl/N-ethyl adjacent to an activating group) is 1. The molecule has 1 saturated heterocycles. The number of nitrogen functional groups attached to an aromatic ring is 1. The zero-order valence-corrected chi connectivity index (χ0v) is 13.4. The lowest BCUT2D eigenvalue weighted by atomic mass is 10.0. The number of para-hydroxylation sites is 1. The summed E-state index contributed by atoms with van der Waals surface area (Å²) in [6.45, 7) is 2.04. The molecule has 1 aromatic carbocycles. The number of imidazole rings is 1. The van der Waals surface area contributed by atoms with Crippen molar-refractivity contribution < 1.29 is 0 Å². The first-order valence-electron chi connectivity index (χ1n) is 8.10. The van der Waals surface area contributed by atoms with E-state index in [-0.39, 0.29) is 0 Å². The molecule has 5 rings (SSSR count). The van der Waals surface area contributed by atoms with Crippen LogP contribution in [-0.2, 0) is 0 Å². The highest BCUT2D eigenvalue weighted by Crippen LogP contribution is 2.34. The van der Waals surface area contributed by atoms with Crippen LogP contribution in [0.5, 0.6) is 0 Å². The molecule has 4 aromatic rings. The summed E-state index contributed by atoms with van der Waals surface area (Å²) in [6, 6.07) is 10.4. The van der Waals surface area contributed by atoms with Gasteiger partial charge >= 0.3 is 0 Å². The number of nitrogens with one attached hydrogen (secondary N) is 1. The van der Waals surface area contributed by atoms with Gasteiger partial charge in [0.25, 0.3) is 0 Å². The smallest absolute Gasteiger partial charge is 0.150 e. The lowest BCUT2D eigenvalue weighted by molar-refractivity contribution is 0.183. The van der Waals surface area contributed by atoms with Crippen LogP contribution in [0.3, 0.4) is 0 Å². The highest BCUT2D eigenvalue weighted by molar-refractivity contribution is 5.91. The Morgan fingerprint density at radius 1 is 1.25 bits per heavy atom. The number of H-pyrrole nitrogens is 1. The summed E-state index contributed by atoms with van der Waals surface area (Å²) in [5.74, 6) is 2.01. The van der Waals surface area contributed by atoms with Gasteiger partial charge in [0.15, 0.2) is 0 Å². The number of hydrogen-bond acceptors (Lipinski definition) is 4. The van der Waals surface area contributed by atoms with E-state index >= 15 is 0 Å². The number of nitrogens with two attached hydrogens (primary N) is 1. The van der Waals surface area contributed by atoms with Crippen molar-refractivity contribution in [2.75, 3.05) is 25.9 Å².